The summed E-state index contributed by atoms with van der Waals surface area (Å²) < 4.78 is 127. The third-order valence-corrected chi connectivity index (χ3v) is 7.09. The normalized spacial score (nSPS) is 20.1. The third kappa shape index (κ3) is 7.87. The van der Waals surface area contributed by atoms with E-state index in [-0.39, 0.29) is 42.8 Å². The number of aliphatic hydroxyl groups is 1. The Morgan fingerprint density at radius 2 is 1.59 bits per heavy atom. The summed E-state index contributed by atoms with van der Waals surface area (Å²) in [6.45, 7) is 1.88. The van der Waals surface area contributed by atoms with Crippen molar-refractivity contribution in [1.29, 1.82) is 0 Å². The van der Waals surface area contributed by atoms with Crippen LogP contribution >= 0.6 is 0 Å². The van der Waals surface area contributed by atoms with Gasteiger partial charge in [-0.05, 0) is 61.7 Å². The SMILES string of the molecule is CCOC(=O)ON1c2ccc(C(F)(F)F)cc2[C@@H](N=C2NNN(CCO)N2Cc2cc(C(F)(F)F)cc(C(F)(F)F)c2)C[C@H]1CC. The van der Waals surface area contributed by atoms with Crippen molar-refractivity contribution >= 4 is 17.8 Å². The number of hydroxylamine groups is 1. The molecule has 2 aromatic rings. The summed E-state index contributed by atoms with van der Waals surface area (Å²) >= 11 is 0. The van der Waals surface area contributed by atoms with E-state index < -0.39 is 72.2 Å². The highest BCUT2D eigenvalue weighted by molar-refractivity contribution is 5.81. The van der Waals surface area contributed by atoms with Crippen molar-refractivity contribution in [3.8, 4) is 0 Å². The molecule has 3 N–H and O–H groups in total. The van der Waals surface area contributed by atoms with Gasteiger partial charge in [-0.3, -0.25) is 10.4 Å². The van der Waals surface area contributed by atoms with E-state index in [4.69, 9.17) is 9.57 Å². The number of alkyl halides is 9. The zero-order valence-electron chi connectivity index (χ0n) is 24.2. The van der Waals surface area contributed by atoms with Gasteiger partial charge in [0.1, 0.15) is 0 Å². The number of hydrazine groups is 3. The summed E-state index contributed by atoms with van der Waals surface area (Å²) in [7, 11) is 0. The molecule has 0 bridgehead atoms. The molecule has 2 atom stereocenters. The maximum atomic E-state index is 13.7. The van der Waals surface area contributed by atoms with E-state index in [0.717, 1.165) is 33.4 Å². The Hall–Kier alpha value is -3.97. The second-order valence-electron chi connectivity index (χ2n) is 10.2. The molecular formula is C27H29F9N6O4. The molecule has 2 aromatic carbocycles. The van der Waals surface area contributed by atoms with Crippen LogP contribution in [0.1, 0.15) is 60.5 Å². The zero-order valence-corrected chi connectivity index (χ0v) is 24.2. The summed E-state index contributed by atoms with van der Waals surface area (Å²) in [5.41, 5.74) is 0.691. The number of ether oxygens (including phenoxy) is 1. The van der Waals surface area contributed by atoms with Crippen molar-refractivity contribution in [2.75, 3.05) is 24.8 Å². The van der Waals surface area contributed by atoms with Crippen LogP contribution in [0.3, 0.4) is 0 Å². The lowest BCUT2D eigenvalue weighted by Gasteiger charge is -2.39. The fourth-order valence-electron chi connectivity index (χ4n) is 4.99. The topological polar surface area (TPSA) is 102 Å². The highest BCUT2D eigenvalue weighted by atomic mass is 19.4. The Balaban J connectivity index is 1.79. The van der Waals surface area contributed by atoms with Gasteiger partial charge in [0.25, 0.3) is 0 Å². The molecule has 4 rings (SSSR count). The van der Waals surface area contributed by atoms with Crippen molar-refractivity contribution in [2.24, 2.45) is 4.99 Å². The van der Waals surface area contributed by atoms with E-state index in [9.17, 15) is 49.4 Å². The van der Waals surface area contributed by atoms with Crippen LogP contribution in [0.4, 0.5) is 50.0 Å². The molecule has 0 amide bonds. The van der Waals surface area contributed by atoms with Crippen LogP contribution in [-0.2, 0) is 34.6 Å². The Morgan fingerprint density at radius 1 is 0.957 bits per heavy atom. The average Bonchev–Trinajstić information content (AvgIpc) is 3.32. The highest BCUT2D eigenvalue weighted by Gasteiger charge is 2.41. The number of β-amino-alcohol motifs (C(OH)–C–C–N with tert-alkyl or cyclic N) is 1. The molecular weight excluding hydrogens is 643 g/mol. The van der Waals surface area contributed by atoms with Gasteiger partial charge in [0.2, 0.25) is 5.96 Å². The lowest BCUT2D eigenvalue weighted by atomic mass is 9.90. The van der Waals surface area contributed by atoms with Crippen molar-refractivity contribution in [3.05, 3.63) is 64.2 Å². The van der Waals surface area contributed by atoms with Crippen molar-refractivity contribution in [1.82, 2.24) is 21.1 Å². The molecule has 0 unspecified atom stereocenters. The first-order chi connectivity index (χ1) is 21.5. The second kappa shape index (κ2) is 13.4. The van der Waals surface area contributed by atoms with Gasteiger partial charge in [-0.15, -0.1) is 10.7 Å². The lowest BCUT2D eigenvalue weighted by Crippen LogP contribution is -2.45. The van der Waals surface area contributed by atoms with Crippen LogP contribution in [0.5, 0.6) is 0 Å². The molecule has 46 heavy (non-hydrogen) atoms. The fraction of sp³-hybridized carbons (Fsp3) is 0.481. The van der Waals surface area contributed by atoms with Gasteiger partial charge in [-0.2, -0.15) is 44.6 Å². The minimum absolute atomic E-state index is 0.0172. The number of benzene rings is 2. The molecule has 0 radical (unpaired) electrons. The molecule has 2 aliphatic rings. The Kier molecular flexibility index (Phi) is 10.2. The summed E-state index contributed by atoms with van der Waals surface area (Å²) in [4.78, 5) is 22.0. The van der Waals surface area contributed by atoms with Crippen molar-refractivity contribution in [2.45, 2.75) is 63.8 Å². The van der Waals surface area contributed by atoms with Gasteiger partial charge in [0.15, 0.2) is 0 Å². The largest absolute Gasteiger partial charge is 0.533 e. The van der Waals surface area contributed by atoms with Crippen molar-refractivity contribution < 1.29 is 59.0 Å². The maximum absolute atomic E-state index is 13.7. The van der Waals surface area contributed by atoms with Crippen LogP contribution in [0.25, 0.3) is 0 Å². The highest BCUT2D eigenvalue weighted by Crippen LogP contribution is 2.44. The molecule has 254 valence electrons. The third-order valence-electron chi connectivity index (χ3n) is 7.09. The quantitative estimate of drug-likeness (QED) is 0.232. The number of aliphatic imine (C=N–C) groups is 1. The number of fused-ring (bicyclic) bond motifs is 1. The van der Waals surface area contributed by atoms with E-state index >= 15 is 0 Å². The summed E-state index contributed by atoms with van der Waals surface area (Å²) in [6, 6.07) is 2.06. The molecule has 0 spiro atoms. The number of hydrogen-bond donors (Lipinski definition) is 3. The Morgan fingerprint density at radius 3 is 2.13 bits per heavy atom. The number of nitrogens with zero attached hydrogens (tertiary/aromatic N) is 4. The molecule has 10 nitrogen and oxygen atoms in total. The van der Waals surface area contributed by atoms with Crippen LogP contribution in [0.2, 0.25) is 0 Å². The molecule has 0 aliphatic carbocycles. The maximum Gasteiger partial charge on any atom is 0.533 e. The number of hydrogen-bond acceptors (Lipinski definition) is 8. The van der Waals surface area contributed by atoms with Crippen LogP contribution in [0.15, 0.2) is 41.4 Å². The predicted molar refractivity (Wildman–Crippen MR) is 143 cm³/mol. The number of carbonyl (C=O) groups excluding carboxylic acids is 1. The van der Waals surface area contributed by atoms with E-state index in [1.54, 1.807) is 6.92 Å². The van der Waals surface area contributed by atoms with Gasteiger partial charge in [0.05, 0.1) is 60.8 Å². The van der Waals surface area contributed by atoms with E-state index in [1.165, 1.54) is 6.92 Å². The minimum atomic E-state index is -5.10. The molecule has 2 aliphatic heterocycles. The first-order valence-corrected chi connectivity index (χ1v) is 13.8. The number of carbonyl (C=O) groups is 1. The molecule has 2 heterocycles. The van der Waals surface area contributed by atoms with Gasteiger partial charge < -0.3 is 14.7 Å². The molecule has 0 saturated carbocycles. The van der Waals surface area contributed by atoms with Crippen LogP contribution in [0, 0.1) is 0 Å². The van der Waals surface area contributed by atoms with Crippen LogP contribution < -0.4 is 16.0 Å². The lowest BCUT2D eigenvalue weighted by molar-refractivity contribution is -0.143. The van der Waals surface area contributed by atoms with Crippen molar-refractivity contribution in [3.63, 3.8) is 0 Å². The molecule has 1 saturated heterocycles. The van der Waals surface area contributed by atoms with E-state index in [0.29, 0.717) is 18.6 Å². The predicted octanol–water partition coefficient (Wildman–Crippen LogP) is 5.95. The number of guanidine groups is 1. The monoisotopic (exact) mass is 672 g/mol. The smallest absolute Gasteiger partial charge is 0.433 e. The number of nitrogens with one attached hydrogen (secondary N) is 2. The Labute approximate surface area is 256 Å². The zero-order chi connectivity index (χ0) is 34.0. The molecule has 19 heteroatoms. The molecule has 1 fully saturated rings. The van der Waals surface area contributed by atoms with E-state index in [2.05, 4.69) is 16.0 Å². The standard InChI is InChI=1S/C27H29F9N6O4/c1-3-19-13-21(20-12-16(25(28,29)30)5-6-22(20)42(19)46-24(44)45-4-2)37-23-38-39-41(7-8-43)40(23)14-15-9-17(26(31,32)33)11-18(10-15)27(34,35)36/h5-6,9-12,19,21,39,43H,3-4,7-8,13-14H2,1-2H3,(H,37,38)/t19-,21+/m1/s1. The summed E-state index contributed by atoms with van der Waals surface area (Å²) in [5, 5.41) is 12.9. The van der Waals surface area contributed by atoms with Gasteiger partial charge in [-0.25, -0.2) is 9.79 Å². The minimum Gasteiger partial charge on any atom is -0.433 e. The molecule has 0 aromatic heterocycles. The van der Waals surface area contributed by atoms with Gasteiger partial charge >= 0.3 is 24.7 Å². The van der Waals surface area contributed by atoms with Gasteiger partial charge in [0, 0.05) is 5.56 Å². The number of halogens is 9. The van der Waals surface area contributed by atoms with E-state index in [1.807, 2.05) is 0 Å². The fourth-order valence-corrected chi connectivity index (χ4v) is 4.99. The summed E-state index contributed by atoms with van der Waals surface area (Å²) in [5.74, 6) is -0.178. The first-order valence-electron chi connectivity index (χ1n) is 13.8. The average molecular weight is 673 g/mol. The Bertz CT molecular complexity index is 1400. The first kappa shape index (κ1) is 34.9. The van der Waals surface area contributed by atoms with Gasteiger partial charge in [-0.1, -0.05) is 6.92 Å². The number of anilines is 1. The van der Waals surface area contributed by atoms with Crippen LogP contribution in [-0.4, -0.2) is 53.1 Å². The number of aliphatic hydroxyl groups excluding tert-OH is 1. The summed E-state index contributed by atoms with van der Waals surface area (Å²) in [6.07, 6.45) is -15.8. The number of rotatable bonds is 8. The second-order valence-corrected chi connectivity index (χ2v) is 10.2.